The van der Waals surface area contributed by atoms with Gasteiger partial charge in [-0.3, -0.25) is 25.2 Å². The molecule has 0 atom stereocenters. The Morgan fingerprint density at radius 2 is 1.38 bits per heavy atom. The Kier molecular flexibility index (Phi) is 11.0. The predicted molar refractivity (Wildman–Crippen MR) is 210 cm³/mol. The van der Waals surface area contributed by atoms with Crippen molar-refractivity contribution in [2.45, 2.75) is 11.3 Å². The fourth-order valence-corrected chi connectivity index (χ4v) is 6.11. The lowest BCUT2D eigenvalue weighted by Gasteiger charge is -2.08. The van der Waals surface area contributed by atoms with Crippen LogP contribution in [0.4, 0.5) is 28.4 Å². The van der Waals surface area contributed by atoms with Crippen LogP contribution in [-0.4, -0.2) is 30.5 Å². The number of nitriles is 2. The van der Waals surface area contributed by atoms with Crippen LogP contribution in [-0.2, 0) is 10.7 Å². The molecule has 0 unspecified atom stereocenters. The van der Waals surface area contributed by atoms with Gasteiger partial charge in [0.25, 0.3) is 16.0 Å². The molecule has 0 amide bonds. The molecule has 58 heavy (non-hydrogen) atoms. The molecule has 0 aliphatic rings. The van der Waals surface area contributed by atoms with Crippen molar-refractivity contribution in [3.8, 4) is 23.5 Å². The van der Waals surface area contributed by atoms with Gasteiger partial charge in [0.2, 0.25) is 0 Å². The standard InChI is InChI=1S/C40H27N11O6S/c41-23-34-36(38(52)49(47-34)30-7-3-1-4-8-30)45-43-28-13-11-25(12-14-28)19-26-20-27(40(54)55)22-32(21-26)51(56)57-58-33-17-15-29(16-18-33)44-46-37-35(24-42)48-50(39(37)53)31-9-5-2-6-10-31/h1-18,20-22H,19H2,(H4-,43,44,45,46,47,48,52,53,54,55). The lowest BCUT2D eigenvalue weighted by atomic mass is 10.0. The van der Waals surface area contributed by atoms with Crippen molar-refractivity contribution in [1.29, 1.82) is 10.5 Å². The summed E-state index contributed by atoms with van der Waals surface area (Å²) < 4.78 is 7.79. The summed E-state index contributed by atoms with van der Waals surface area (Å²) in [6, 6.07) is 38.7. The fraction of sp³-hybridized carbons (Fsp3) is 0.0250. The molecule has 17 nitrogen and oxygen atoms in total. The molecule has 7 aromatic rings. The van der Waals surface area contributed by atoms with E-state index in [4.69, 9.17) is 4.28 Å². The maximum absolute atomic E-state index is 13.0. The number of carboxylic acid groups (broad SMARTS) is 1. The van der Waals surface area contributed by atoms with E-state index in [0.717, 1.165) is 23.7 Å². The zero-order chi connectivity index (χ0) is 40.6. The Hall–Kier alpha value is -8.48. The molecule has 284 valence electrons. The van der Waals surface area contributed by atoms with Gasteiger partial charge in [-0.25, -0.2) is 9.36 Å². The molecule has 0 spiro atoms. The second-order valence-electron chi connectivity index (χ2n) is 12.3. The van der Waals surface area contributed by atoms with Gasteiger partial charge in [0.1, 0.15) is 12.1 Å². The van der Waals surface area contributed by atoms with Gasteiger partial charge < -0.3 is 15.3 Å². The van der Waals surface area contributed by atoms with E-state index in [-0.39, 0.29) is 45.4 Å². The van der Waals surface area contributed by atoms with Gasteiger partial charge in [-0.05, 0) is 84.3 Å². The van der Waals surface area contributed by atoms with Crippen LogP contribution < -0.4 is 27.1 Å². The monoisotopic (exact) mass is 789 g/mol. The molecule has 5 aromatic carbocycles. The van der Waals surface area contributed by atoms with E-state index < -0.39 is 17.1 Å². The average Bonchev–Trinajstić information content (AvgIpc) is 3.76. The van der Waals surface area contributed by atoms with E-state index in [9.17, 15) is 34.9 Å². The number of carbonyl (C=O) groups excluding carboxylic acids is 1. The van der Waals surface area contributed by atoms with Crippen molar-refractivity contribution in [2.75, 3.05) is 10.9 Å². The Morgan fingerprint density at radius 3 is 2.00 bits per heavy atom. The van der Waals surface area contributed by atoms with Gasteiger partial charge in [-0.15, -0.1) is 9.40 Å². The summed E-state index contributed by atoms with van der Waals surface area (Å²) in [6.07, 6.45) is 0.228. The molecule has 0 aliphatic carbocycles. The molecule has 0 saturated heterocycles. The number of hydrogen-bond acceptors (Lipinski definition) is 13. The van der Waals surface area contributed by atoms with Gasteiger partial charge in [0.05, 0.1) is 38.5 Å². The summed E-state index contributed by atoms with van der Waals surface area (Å²) in [5.74, 6) is -1.48. The molecule has 18 heteroatoms. The van der Waals surface area contributed by atoms with Gasteiger partial charge in [-0.1, -0.05) is 48.5 Å². The van der Waals surface area contributed by atoms with E-state index in [2.05, 4.69) is 31.3 Å². The molecule has 0 aliphatic heterocycles. The van der Waals surface area contributed by atoms with Crippen LogP contribution in [0.1, 0.15) is 32.9 Å². The van der Waals surface area contributed by atoms with Crippen LogP contribution in [0.15, 0.2) is 152 Å². The number of aromatic nitrogens is 4. The molecule has 4 N–H and O–H groups in total. The van der Waals surface area contributed by atoms with Crippen LogP contribution in [0.3, 0.4) is 0 Å². The first-order valence-electron chi connectivity index (χ1n) is 17.1. The van der Waals surface area contributed by atoms with Crippen molar-refractivity contribution in [2.24, 2.45) is 10.2 Å². The normalized spacial score (nSPS) is 10.8. The highest BCUT2D eigenvalue weighted by atomic mass is 32.2. The highest BCUT2D eigenvalue weighted by molar-refractivity contribution is 7.94. The molecule has 0 radical (unpaired) electrons. The highest BCUT2D eigenvalue weighted by Crippen LogP contribution is 2.27. The average molecular weight is 790 g/mol. The number of azo groups is 1. The number of rotatable bonds is 14. The predicted octanol–water partition coefficient (Wildman–Crippen LogP) is 6.25. The minimum Gasteiger partial charge on any atom is -0.545 e. The SMILES string of the molecule is N#Cc1[nH]n(-c2ccccc2)c(=O)c1N=Nc1ccc(Cc2cc(C(=O)[O-])cc([N+](=O)OSc3ccc(NNc4c(C#N)[nH]n(-c5ccccc5)c4=O)cc3)c2)cc1. The largest absolute Gasteiger partial charge is 0.545 e. The number of hydrogen-bond donors (Lipinski definition) is 4. The minimum atomic E-state index is -1.48. The Labute approximate surface area is 331 Å². The summed E-state index contributed by atoms with van der Waals surface area (Å²) in [4.78, 5) is 51.5. The third-order valence-electron chi connectivity index (χ3n) is 8.43. The van der Waals surface area contributed by atoms with Crippen molar-refractivity contribution in [1.82, 2.24) is 19.6 Å². The zero-order valence-corrected chi connectivity index (χ0v) is 30.6. The lowest BCUT2D eigenvalue weighted by molar-refractivity contribution is -0.694. The highest BCUT2D eigenvalue weighted by Gasteiger charge is 2.21. The summed E-state index contributed by atoms with van der Waals surface area (Å²) in [6.45, 7) is 0. The number of nitrogens with one attached hydrogen (secondary N) is 4. The number of carboxylic acids is 1. The molecular weight excluding hydrogens is 763 g/mol. The number of benzene rings is 5. The van der Waals surface area contributed by atoms with E-state index in [1.807, 2.05) is 18.2 Å². The van der Waals surface area contributed by atoms with Crippen molar-refractivity contribution in [3.63, 3.8) is 0 Å². The summed E-state index contributed by atoms with van der Waals surface area (Å²) >= 11 is 0.729. The molecule has 2 heterocycles. The molecule has 0 fully saturated rings. The van der Waals surface area contributed by atoms with Crippen LogP contribution in [0.2, 0.25) is 0 Å². The third kappa shape index (κ3) is 8.42. The van der Waals surface area contributed by atoms with E-state index in [1.165, 1.54) is 21.5 Å². The first-order valence-corrected chi connectivity index (χ1v) is 17.9. The van der Waals surface area contributed by atoms with E-state index in [1.54, 1.807) is 103 Å². The second kappa shape index (κ2) is 16.9. The Balaban J connectivity index is 0.977. The quantitative estimate of drug-likeness (QED) is 0.0545. The first kappa shape index (κ1) is 37.8. The van der Waals surface area contributed by atoms with Crippen LogP contribution in [0.5, 0.6) is 0 Å². The lowest BCUT2D eigenvalue weighted by Crippen LogP contribution is -2.22. The minimum absolute atomic E-state index is 0.0216. The number of anilines is 2. The molecule has 0 bridgehead atoms. The maximum atomic E-state index is 13.0. The van der Waals surface area contributed by atoms with Crippen LogP contribution in [0.25, 0.3) is 11.4 Å². The van der Waals surface area contributed by atoms with Crippen molar-refractivity contribution >= 4 is 46.4 Å². The summed E-state index contributed by atoms with van der Waals surface area (Å²) in [5, 5.41) is 44.6. The smallest absolute Gasteiger partial charge is 0.318 e. The summed E-state index contributed by atoms with van der Waals surface area (Å²) in [7, 11) is 0. The number of nitrogens with zero attached hydrogens (tertiary/aromatic N) is 7. The number of H-pyrrole nitrogens is 2. The third-order valence-corrected chi connectivity index (χ3v) is 9.11. The van der Waals surface area contributed by atoms with Gasteiger partial charge in [0.15, 0.2) is 34.8 Å². The van der Waals surface area contributed by atoms with Crippen LogP contribution in [0, 0.1) is 27.6 Å². The number of aromatic amines is 2. The number of para-hydroxylation sites is 2. The molecule has 7 rings (SSSR count). The Bertz CT molecular complexity index is 2870. The van der Waals surface area contributed by atoms with Gasteiger partial charge in [-0.2, -0.15) is 15.6 Å². The van der Waals surface area contributed by atoms with E-state index in [0.29, 0.717) is 33.2 Å². The molecule has 2 aromatic heterocycles. The van der Waals surface area contributed by atoms with E-state index >= 15 is 0 Å². The van der Waals surface area contributed by atoms with Crippen LogP contribution >= 0.6 is 12.0 Å². The summed E-state index contributed by atoms with van der Waals surface area (Å²) in [5.41, 5.74) is 7.43. The Morgan fingerprint density at radius 1 is 0.759 bits per heavy atom. The van der Waals surface area contributed by atoms with Crippen molar-refractivity contribution in [3.05, 3.63) is 181 Å². The number of hydrazine groups is 1. The van der Waals surface area contributed by atoms with Gasteiger partial charge in [0, 0.05) is 17.7 Å². The molecule has 0 saturated carbocycles. The number of carbonyl (C=O) groups is 1. The topological polar surface area (TPSA) is 241 Å². The zero-order valence-electron chi connectivity index (χ0n) is 29.8. The second-order valence-corrected chi connectivity index (χ2v) is 13.1. The maximum Gasteiger partial charge on any atom is 0.318 e. The fourth-order valence-electron chi connectivity index (χ4n) is 5.62. The van der Waals surface area contributed by atoms with Crippen molar-refractivity contribution < 1.29 is 19.1 Å². The molecular formula is C40H27N11O6S. The van der Waals surface area contributed by atoms with Gasteiger partial charge >= 0.3 is 5.69 Å². The first-order chi connectivity index (χ1) is 28.2. The number of aromatic carboxylic acids is 1.